The molecule has 1 unspecified atom stereocenters. The van der Waals surface area contributed by atoms with E-state index in [0.717, 1.165) is 49.5 Å². The van der Waals surface area contributed by atoms with Gasteiger partial charge in [-0.3, -0.25) is 4.90 Å². The molecule has 9 heteroatoms. The molecular formula is C20H30N6O3. The van der Waals surface area contributed by atoms with E-state index in [1.54, 1.807) is 15.6 Å². The largest absolute Gasteiger partial charge is 0.444 e. The summed E-state index contributed by atoms with van der Waals surface area (Å²) in [5.74, 6) is 0.720. The molecule has 0 spiro atoms. The van der Waals surface area contributed by atoms with Gasteiger partial charge in [-0.25, -0.2) is 14.3 Å². The second-order valence-electron chi connectivity index (χ2n) is 8.54. The second-order valence-corrected chi connectivity index (χ2v) is 8.54. The van der Waals surface area contributed by atoms with Gasteiger partial charge in [-0.05, 0) is 40.0 Å². The molecule has 2 aliphatic heterocycles. The van der Waals surface area contributed by atoms with Crippen LogP contribution in [0.3, 0.4) is 0 Å². The van der Waals surface area contributed by atoms with Crippen LogP contribution in [0.4, 0.5) is 16.3 Å². The van der Waals surface area contributed by atoms with Crippen LogP contribution in [-0.4, -0.2) is 70.2 Å². The van der Waals surface area contributed by atoms with Gasteiger partial charge in [0, 0.05) is 38.1 Å². The van der Waals surface area contributed by atoms with Gasteiger partial charge in [-0.1, -0.05) is 0 Å². The number of amides is 1. The van der Waals surface area contributed by atoms with E-state index in [1.165, 1.54) is 0 Å². The third-order valence-corrected chi connectivity index (χ3v) is 5.14. The highest BCUT2D eigenvalue weighted by Crippen LogP contribution is 2.26. The fourth-order valence-corrected chi connectivity index (χ4v) is 3.80. The van der Waals surface area contributed by atoms with Crippen molar-refractivity contribution in [2.75, 3.05) is 43.1 Å². The van der Waals surface area contributed by atoms with E-state index < -0.39 is 5.60 Å². The molecule has 2 aromatic rings. The lowest BCUT2D eigenvalue weighted by atomic mass is 10.1. The first kappa shape index (κ1) is 19.8. The molecule has 0 bridgehead atoms. The average molecular weight is 402 g/mol. The Labute approximate surface area is 171 Å². The van der Waals surface area contributed by atoms with Crippen molar-refractivity contribution in [3.63, 3.8) is 0 Å². The summed E-state index contributed by atoms with van der Waals surface area (Å²) >= 11 is 0. The van der Waals surface area contributed by atoms with Crippen LogP contribution >= 0.6 is 0 Å². The number of carbonyl (C=O) groups excluding carboxylic acids is 1. The molecule has 4 heterocycles. The van der Waals surface area contributed by atoms with Crippen LogP contribution in [0.2, 0.25) is 0 Å². The standard InChI is InChI=1S/C20H30N6O3/c1-20(2,3)29-19(27)25-8-5-4-6-17(25)22-16-14-15(24-10-12-28-13-11-24)18-21-7-9-26(18)23-16/h7,9,14,17H,4-6,8,10-13H2,1-3H3,(H,22,23). The quantitative estimate of drug-likeness (QED) is 0.845. The van der Waals surface area contributed by atoms with Crippen molar-refractivity contribution in [3.05, 3.63) is 18.5 Å². The van der Waals surface area contributed by atoms with E-state index in [9.17, 15) is 4.79 Å². The lowest BCUT2D eigenvalue weighted by molar-refractivity contribution is 0.0130. The minimum Gasteiger partial charge on any atom is -0.444 e. The zero-order chi connectivity index (χ0) is 20.4. The molecule has 0 radical (unpaired) electrons. The number of hydrogen-bond acceptors (Lipinski definition) is 7. The number of hydrogen-bond donors (Lipinski definition) is 1. The minimum atomic E-state index is -0.517. The number of piperidine rings is 1. The first-order chi connectivity index (χ1) is 13.9. The number of nitrogens with one attached hydrogen (secondary N) is 1. The summed E-state index contributed by atoms with van der Waals surface area (Å²) in [6, 6.07) is 2.02. The molecule has 1 N–H and O–H groups in total. The first-order valence-corrected chi connectivity index (χ1v) is 10.3. The molecule has 9 nitrogen and oxygen atoms in total. The highest BCUT2D eigenvalue weighted by Gasteiger charge is 2.31. The van der Waals surface area contributed by atoms with Gasteiger partial charge in [0.15, 0.2) is 11.5 Å². The molecule has 1 amide bonds. The van der Waals surface area contributed by atoms with Gasteiger partial charge >= 0.3 is 6.09 Å². The third kappa shape index (κ3) is 4.55. The number of carbonyl (C=O) groups is 1. The zero-order valence-corrected chi connectivity index (χ0v) is 17.4. The predicted molar refractivity (Wildman–Crippen MR) is 110 cm³/mol. The summed E-state index contributed by atoms with van der Waals surface area (Å²) in [6.45, 7) is 9.39. The molecule has 2 aliphatic rings. The summed E-state index contributed by atoms with van der Waals surface area (Å²) in [6.07, 6.45) is 6.05. The monoisotopic (exact) mass is 402 g/mol. The Bertz CT molecular complexity index is 856. The summed E-state index contributed by atoms with van der Waals surface area (Å²) in [7, 11) is 0. The van der Waals surface area contributed by atoms with Crippen LogP contribution < -0.4 is 10.2 Å². The Hall–Kier alpha value is -2.55. The van der Waals surface area contributed by atoms with Crippen molar-refractivity contribution >= 4 is 23.2 Å². The van der Waals surface area contributed by atoms with Crippen molar-refractivity contribution in [2.45, 2.75) is 51.8 Å². The maximum atomic E-state index is 12.7. The van der Waals surface area contributed by atoms with Crippen LogP contribution in [0, 0.1) is 0 Å². The van der Waals surface area contributed by atoms with E-state index in [1.807, 2.05) is 33.0 Å². The van der Waals surface area contributed by atoms with Crippen molar-refractivity contribution in [1.82, 2.24) is 19.5 Å². The van der Waals surface area contributed by atoms with E-state index in [4.69, 9.17) is 9.47 Å². The molecule has 2 saturated heterocycles. The topological polar surface area (TPSA) is 84.2 Å². The SMILES string of the molecule is CC(C)(C)OC(=O)N1CCCCC1Nc1cc(N2CCOCC2)c2nccn2n1. The van der Waals surface area contributed by atoms with Crippen LogP contribution in [-0.2, 0) is 9.47 Å². The number of fused-ring (bicyclic) bond motifs is 1. The molecule has 2 aromatic heterocycles. The predicted octanol–water partition coefficient (Wildman–Crippen LogP) is 2.72. The van der Waals surface area contributed by atoms with Gasteiger partial charge in [0.05, 0.1) is 18.9 Å². The molecule has 1 atom stereocenters. The molecule has 0 saturated carbocycles. The lowest BCUT2D eigenvalue weighted by Crippen LogP contribution is -2.49. The van der Waals surface area contributed by atoms with Crippen LogP contribution in [0.1, 0.15) is 40.0 Å². The summed E-state index contributed by atoms with van der Waals surface area (Å²) < 4.78 is 12.9. The maximum Gasteiger partial charge on any atom is 0.411 e. The highest BCUT2D eigenvalue weighted by molar-refractivity contribution is 5.72. The number of morpholine rings is 1. The van der Waals surface area contributed by atoms with Gasteiger partial charge in [0.2, 0.25) is 0 Å². The molecule has 158 valence electrons. The smallest absolute Gasteiger partial charge is 0.411 e. The van der Waals surface area contributed by atoms with E-state index >= 15 is 0 Å². The number of nitrogens with zero attached hydrogens (tertiary/aromatic N) is 5. The van der Waals surface area contributed by atoms with Crippen molar-refractivity contribution in [1.29, 1.82) is 0 Å². The minimum absolute atomic E-state index is 0.149. The van der Waals surface area contributed by atoms with Crippen molar-refractivity contribution < 1.29 is 14.3 Å². The molecular weight excluding hydrogens is 372 g/mol. The van der Waals surface area contributed by atoms with E-state index in [-0.39, 0.29) is 12.3 Å². The number of rotatable bonds is 3. The van der Waals surface area contributed by atoms with Gasteiger partial charge in [0.1, 0.15) is 11.8 Å². The first-order valence-electron chi connectivity index (χ1n) is 10.3. The van der Waals surface area contributed by atoms with Gasteiger partial charge in [-0.2, -0.15) is 0 Å². The number of anilines is 2. The molecule has 4 rings (SSSR count). The van der Waals surface area contributed by atoms with E-state index in [0.29, 0.717) is 19.8 Å². The maximum absolute atomic E-state index is 12.7. The lowest BCUT2D eigenvalue weighted by Gasteiger charge is -2.37. The van der Waals surface area contributed by atoms with E-state index in [2.05, 4.69) is 20.3 Å². The highest BCUT2D eigenvalue weighted by atomic mass is 16.6. The molecule has 2 fully saturated rings. The second kappa shape index (κ2) is 8.06. The summed E-state index contributed by atoms with van der Waals surface area (Å²) in [5, 5.41) is 8.13. The normalized spacial score (nSPS) is 20.7. The van der Waals surface area contributed by atoms with Gasteiger partial charge in [0.25, 0.3) is 0 Å². The Morgan fingerprint density at radius 3 is 2.79 bits per heavy atom. The third-order valence-electron chi connectivity index (χ3n) is 5.14. The summed E-state index contributed by atoms with van der Waals surface area (Å²) in [5.41, 5.74) is 1.33. The molecule has 0 aromatic carbocycles. The number of likely N-dealkylation sites (tertiary alicyclic amines) is 1. The van der Waals surface area contributed by atoms with Crippen molar-refractivity contribution in [2.24, 2.45) is 0 Å². The van der Waals surface area contributed by atoms with Crippen LogP contribution in [0.25, 0.3) is 5.65 Å². The number of imidazole rings is 1. The van der Waals surface area contributed by atoms with Gasteiger partial charge in [-0.15, -0.1) is 5.10 Å². The zero-order valence-electron chi connectivity index (χ0n) is 17.4. The Morgan fingerprint density at radius 2 is 2.03 bits per heavy atom. The Morgan fingerprint density at radius 1 is 1.24 bits per heavy atom. The Balaban J connectivity index is 1.58. The van der Waals surface area contributed by atoms with Gasteiger partial charge < -0.3 is 19.7 Å². The fourth-order valence-electron chi connectivity index (χ4n) is 3.80. The average Bonchev–Trinajstić information content (AvgIpc) is 3.16. The molecule has 0 aliphatic carbocycles. The number of aromatic nitrogens is 3. The number of ether oxygens (including phenoxy) is 2. The Kier molecular flexibility index (Phi) is 5.49. The van der Waals surface area contributed by atoms with Crippen LogP contribution in [0.15, 0.2) is 18.5 Å². The van der Waals surface area contributed by atoms with Crippen molar-refractivity contribution in [3.8, 4) is 0 Å². The molecule has 29 heavy (non-hydrogen) atoms. The summed E-state index contributed by atoms with van der Waals surface area (Å²) in [4.78, 5) is 21.2. The fraction of sp³-hybridized carbons (Fsp3) is 0.650. The van der Waals surface area contributed by atoms with Crippen LogP contribution in [0.5, 0.6) is 0 Å².